The van der Waals surface area contributed by atoms with Gasteiger partial charge < -0.3 is 15.0 Å². The summed E-state index contributed by atoms with van der Waals surface area (Å²) in [5.41, 5.74) is 7.87. The molecule has 2 aromatic rings. The Morgan fingerprint density at radius 3 is 2.70 bits per heavy atom. The monoisotopic (exact) mass is 273 g/mol. The number of hydrogen-bond donors (Lipinski definition) is 1. The van der Waals surface area contributed by atoms with Crippen LogP contribution in [-0.2, 0) is 10.2 Å². The molecule has 0 aliphatic carbocycles. The molecule has 20 heavy (non-hydrogen) atoms. The molecular weight excluding hydrogens is 254 g/mol. The summed E-state index contributed by atoms with van der Waals surface area (Å²) < 4.78 is 10.9. The summed E-state index contributed by atoms with van der Waals surface area (Å²) in [4.78, 5) is 4.59. The molecule has 0 saturated carbocycles. The highest BCUT2D eigenvalue weighted by molar-refractivity contribution is 5.59. The van der Waals surface area contributed by atoms with Crippen LogP contribution in [0.5, 0.6) is 0 Å². The number of rotatable bonds is 3. The minimum Gasteiger partial charge on any atom is -0.381 e. The van der Waals surface area contributed by atoms with Crippen molar-refractivity contribution in [1.29, 1.82) is 0 Å². The fraction of sp³-hybridized carbons (Fsp3) is 0.467. The predicted octanol–water partition coefficient (Wildman–Crippen LogP) is 2.05. The highest BCUT2D eigenvalue weighted by Crippen LogP contribution is 2.34. The minimum absolute atomic E-state index is 0.230. The van der Waals surface area contributed by atoms with Crippen molar-refractivity contribution < 1.29 is 9.26 Å². The third-order valence-electron chi connectivity index (χ3n) is 4.11. The summed E-state index contributed by atoms with van der Waals surface area (Å²) in [5.74, 6) is 1.28. The summed E-state index contributed by atoms with van der Waals surface area (Å²) in [7, 11) is 0. The number of benzene rings is 1. The standard InChI is InChI=1S/C15H19N3O2/c1-11-4-2-3-5-12(11)13-17-14(20-18-13)15(10-16)6-8-19-9-7-15/h2-5H,6-10,16H2,1H3. The van der Waals surface area contributed by atoms with Gasteiger partial charge in [0, 0.05) is 25.3 Å². The highest BCUT2D eigenvalue weighted by atomic mass is 16.5. The molecule has 0 bridgehead atoms. The molecule has 5 nitrogen and oxygen atoms in total. The predicted molar refractivity (Wildman–Crippen MR) is 75.3 cm³/mol. The van der Waals surface area contributed by atoms with Crippen molar-refractivity contribution in [3.8, 4) is 11.4 Å². The number of nitrogens with zero attached hydrogens (tertiary/aromatic N) is 2. The normalized spacial score (nSPS) is 18.1. The first-order chi connectivity index (χ1) is 9.75. The molecule has 2 N–H and O–H groups in total. The van der Waals surface area contributed by atoms with E-state index in [9.17, 15) is 0 Å². The molecule has 0 atom stereocenters. The molecule has 1 saturated heterocycles. The Balaban J connectivity index is 1.95. The van der Waals surface area contributed by atoms with Crippen LogP contribution in [0, 0.1) is 6.92 Å². The van der Waals surface area contributed by atoms with Crippen molar-refractivity contribution in [3.63, 3.8) is 0 Å². The van der Waals surface area contributed by atoms with Crippen molar-refractivity contribution >= 4 is 0 Å². The van der Waals surface area contributed by atoms with E-state index in [4.69, 9.17) is 15.0 Å². The Kier molecular flexibility index (Phi) is 3.54. The van der Waals surface area contributed by atoms with E-state index in [-0.39, 0.29) is 5.41 Å². The Morgan fingerprint density at radius 2 is 2.00 bits per heavy atom. The van der Waals surface area contributed by atoms with Gasteiger partial charge in [-0.3, -0.25) is 0 Å². The van der Waals surface area contributed by atoms with E-state index in [0.717, 1.165) is 24.0 Å². The molecule has 2 heterocycles. The summed E-state index contributed by atoms with van der Waals surface area (Å²) >= 11 is 0. The van der Waals surface area contributed by atoms with Gasteiger partial charge in [-0.25, -0.2) is 0 Å². The van der Waals surface area contributed by atoms with Crippen LogP contribution < -0.4 is 5.73 Å². The first-order valence-corrected chi connectivity index (χ1v) is 6.93. The molecule has 0 amide bonds. The summed E-state index contributed by atoms with van der Waals surface area (Å²) in [6.45, 7) is 3.93. The van der Waals surface area contributed by atoms with Crippen LogP contribution in [0.4, 0.5) is 0 Å². The second kappa shape index (κ2) is 5.34. The molecule has 3 rings (SSSR count). The van der Waals surface area contributed by atoms with Gasteiger partial charge in [0.25, 0.3) is 0 Å². The van der Waals surface area contributed by atoms with Crippen LogP contribution in [0.1, 0.15) is 24.3 Å². The van der Waals surface area contributed by atoms with E-state index in [1.165, 1.54) is 0 Å². The Morgan fingerprint density at radius 1 is 1.25 bits per heavy atom. The number of hydrogen-bond acceptors (Lipinski definition) is 5. The topological polar surface area (TPSA) is 74.2 Å². The molecule has 0 unspecified atom stereocenters. The van der Waals surface area contributed by atoms with E-state index in [1.807, 2.05) is 31.2 Å². The maximum Gasteiger partial charge on any atom is 0.234 e. The fourth-order valence-electron chi connectivity index (χ4n) is 2.64. The zero-order valence-corrected chi connectivity index (χ0v) is 11.6. The molecule has 1 aliphatic rings. The van der Waals surface area contributed by atoms with Crippen molar-refractivity contribution in [2.24, 2.45) is 5.73 Å². The fourth-order valence-corrected chi connectivity index (χ4v) is 2.64. The SMILES string of the molecule is Cc1ccccc1-c1noc(C2(CN)CCOCC2)n1. The van der Waals surface area contributed by atoms with Gasteiger partial charge in [-0.1, -0.05) is 29.4 Å². The average Bonchev–Trinajstić information content (AvgIpc) is 2.98. The lowest BCUT2D eigenvalue weighted by Gasteiger charge is -2.32. The number of aromatic nitrogens is 2. The number of nitrogens with two attached hydrogens (primary N) is 1. The van der Waals surface area contributed by atoms with Crippen LogP contribution in [0.25, 0.3) is 11.4 Å². The zero-order chi connectivity index (χ0) is 14.0. The summed E-state index contributed by atoms with van der Waals surface area (Å²) in [6, 6.07) is 8.02. The van der Waals surface area contributed by atoms with Gasteiger partial charge in [0.2, 0.25) is 11.7 Å². The van der Waals surface area contributed by atoms with Crippen molar-refractivity contribution in [2.75, 3.05) is 19.8 Å². The van der Waals surface area contributed by atoms with E-state index in [2.05, 4.69) is 10.1 Å². The molecule has 5 heteroatoms. The highest BCUT2D eigenvalue weighted by Gasteiger charge is 2.38. The third kappa shape index (κ3) is 2.23. The lowest BCUT2D eigenvalue weighted by atomic mass is 9.80. The Bertz CT molecular complexity index is 588. The minimum atomic E-state index is -0.230. The van der Waals surface area contributed by atoms with Gasteiger partial charge in [-0.15, -0.1) is 0 Å². The van der Waals surface area contributed by atoms with E-state index in [0.29, 0.717) is 31.5 Å². The third-order valence-corrected chi connectivity index (χ3v) is 4.11. The molecule has 0 radical (unpaired) electrons. The van der Waals surface area contributed by atoms with Crippen LogP contribution in [0.2, 0.25) is 0 Å². The van der Waals surface area contributed by atoms with E-state index >= 15 is 0 Å². The molecule has 1 fully saturated rings. The molecule has 0 spiro atoms. The Labute approximate surface area is 118 Å². The second-order valence-corrected chi connectivity index (χ2v) is 5.33. The van der Waals surface area contributed by atoms with Crippen molar-refractivity contribution in [3.05, 3.63) is 35.7 Å². The van der Waals surface area contributed by atoms with E-state index in [1.54, 1.807) is 0 Å². The second-order valence-electron chi connectivity index (χ2n) is 5.33. The smallest absolute Gasteiger partial charge is 0.234 e. The first kappa shape index (κ1) is 13.3. The van der Waals surface area contributed by atoms with Gasteiger partial charge >= 0.3 is 0 Å². The lowest BCUT2D eigenvalue weighted by Crippen LogP contribution is -2.40. The molecule has 1 aliphatic heterocycles. The zero-order valence-electron chi connectivity index (χ0n) is 11.6. The van der Waals surface area contributed by atoms with Gasteiger partial charge in [-0.05, 0) is 25.3 Å². The molecule has 106 valence electrons. The largest absolute Gasteiger partial charge is 0.381 e. The van der Waals surface area contributed by atoms with Crippen LogP contribution in [0.3, 0.4) is 0 Å². The van der Waals surface area contributed by atoms with Crippen LogP contribution in [0.15, 0.2) is 28.8 Å². The maximum absolute atomic E-state index is 5.96. The maximum atomic E-state index is 5.96. The van der Waals surface area contributed by atoms with E-state index < -0.39 is 0 Å². The first-order valence-electron chi connectivity index (χ1n) is 6.93. The molecule has 1 aromatic heterocycles. The van der Waals surface area contributed by atoms with Crippen LogP contribution >= 0.6 is 0 Å². The quantitative estimate of drug-likeness (QED) is 0.926. The summed E-state index contributed by atoms with van der Waals surface area (Å²) in [6.07, 6.45) is 1.66. The average molecular weight is 273 g/mol. The van der Waals surface area contributed by atoms with Crippen molar-refractivity contribution in [2.45, 2.75) is 25.2 Å². The van der Waals surface area contributed by atoms with Crippen LogP contribution in [-0.4, -0.2) is 29.9 Å². The van der Waals surface area contributed by atoms with Crippen molar-refractivity contribution in [1.82, 2.24) is 10.1 Å². The van der Waals surface area contributed by atoms with Gasteiger partial charge in [0.05, 0.1) is 5.41 Å². The van der Waals surface area contributed by atoms with Gasteiger partial charge in [0.1, 0.15) is 0 Å². The molecule has 1 aromatic carbocycles. The number of ether oxygens (including phenoxy) is 1. The Hall–Kier alpha value is -1.72. The summed E-state index contributed by atoms with van der Waals surface area (Å²) in [5, 5.41) is 4.13. The lowest BCUT2D eigenvalue weighted by molar-refractivity contribution is 0.0409. The van der Waals surface area contributed by atoms with Gasteiger partial charge in [-0.2, -0.15) is 4.98 Å². The van der Waals surface area contributed by atoms with Gasteiger partial charge in [0.15, 0.2) is 0 Å². The molecular formula is C15H19N3O2. The number of aryl methyl sites for hydroxylation is 1.